The van der Waals surface area contributed by atoms with Crippen molar-refractivity contribution in [1.29, 1.82) is 0 Å². The van der Waals surface area contributed by atoms with Crippen molar-refractivity contribution in [2.45, 2.75) is 113 Å². The summed E-state index contributed by atoms with van der Waals surface area (Å²) >= 11 is 0. The molecular formula is C36H54N8O14. The van der Waals surface area contributed by atoms with Gasteiger partial charge in [0.25, 0.3) is 0 Å². The van der Waals surface area contributed by atoms with Gasteiger partial charge in [0.2, 0.25) is 47.8 Å². The van der Waals surface area contributed by atoms with Gasteiger partial charge in [0.05, 0.1) is 24.4 Å². The highest BCUT2D eigenvalue weighted by molar-refractivity contribution is 5.97. The number of carbonyl (C=O) groups excluding carboxylic acids is 8. The third-order valence-corrected chi connectivity index (χ3v) is 10.1. The van der Waals surface area contributed by atoms with E-state index in [1.54, 1.807) is 6.92 Å². The number of fused-ring (bicyclic) bond motifs is 2. The molecule has 1 aromatic carbocycles. The molecule has 0 aliphatic carbocycles. The Bertz CT molecular complexity index is 1630. The van der Waals surface area contributed by atoms with E-state index in [2.05, 4.69) is 26.6 Å². The van der Waals surface area contributed by atoms with Gasteiger partial charge in [-0.25, -0.2) is 0 Å². The van der Waals surface area contributed by atoms with Crippen LogP contribution in [0.5, 0.6) is 5.75 Å². The van der Waals surface area contributed by atoms with Crippen LogP contribution >= 0.6 is 0 Å². The minimum atomic E-state index is -1.84. The standard InChI is InChI=1S/C35H50N8O13.CH4O/c1-2-21-34(55)43-15-20(47)13-24(43)31(52)41-28(26(49)11-17-3-5-18(45)6-4-17)32(53)40-22(7-8-27(36)50)35(56)42-10-9-25(48)29(42)33(54)37-14-19(46)12-23(38-16-44)30(51)39-21;1-2/h3-6,16,19-26,28-29,45-49H,2,7-15H2,1H3,(H2,36,50)(H,37,54)(H,38,44)(H,39,51)(H,40,53)(H,41,52);2H,1H3/t19-,20-,21+,22?,23+,24?,25+,26-,28?,29?;/m1./s1. The van der Waals surface area contributed by atoms with E-state index in [4.69, 9.17) is 10.8 Å². The van der Waals surface area contributed by atoms with Crippen LogP contribution in [0.15, 0.2) is 24.3 Å². The molecule has 22 nitrogen and oxygen atoms in total. The Labute approximate surface area is 333 Å². The Balaban J connectivity index is 0.00000443. The molecule has 3 saturated heterocycles. The fourth-order valence-corrected chi connectivity index (χ4v) is 7.05. The third-order valence-electron chi connectivity index (χ3n) is 10.1. The van der Waals surface area contributed by atoms with Gasteiger partial charge in [-0.15, -0.1) is 0 Å². The van der Waals surface area contributed by atoms with Crippen LogP contribution in [0.1, 0.15) is 51.0 Å². The van der Waals surface area contributed by atoms with Crippen LogP contribution in [0.2, 0.25) is 0 Å². The summed E-state index contributed by atoms with van der Waals surface area (Å²) in [5, 5.41) is 72.3. The third kappa shape index (κ3) is 12.3. The summed E-state index contributed by atoms with van der Waals surface area (Å²) in [6.07, 6.45) is -7.53. The predicted molar refractivity (Wildman–Crippen MR) is 199 cm³/mol. The average Bonchev–Trinajstić information content (AvgIpc) is 3.79. The van der Waals surface area contributed by atoms with Crippen molar-refractivity contribution in [2.24, 2.45) is 5.73 Å². The molecule has 0 saturated carbocycles. The van der Waals surface area contributed by atoms with E-state index < -0.39 is 128 Å². The van der Waals surface area contributed by atoms with Crippen molar-refractivity contribution in [1.82, 2.24) is 36.4 Å². The lowest BCUT2D eigenvalue weighted by atomic mass is 9.99. The molecule has 3 aliphatic heterocycles. The molecule has 10 atom stereocenters. The summed E-state index contributed by atoms with van der Waals surface area (Å²) in [7, 11) is 1.00. The Morgan fingerprint density at radius 3 is 2.16 bits per heavy atom. The zero-order chi connectivity index (χ0) is 43.3. The Kier molecular flexibility index (Phi) is 17.8. The van der Waals surface area contributed by atoms with E-state index in [0.29, 0.717) is 5.56 Å². The lowest BCUT2D eigenvalue weighted by Crippen LogP contribution is -2.62. The fraction of sp³-hybridized carbons (Fsp3) is 0.611. The molecule has 3 heterocycles. The van der Waals surface area contributed by atoms with Crippen LogP contribution in [0.25, 0.3) is 0 Å². The number of primary amides is 1. The average molecular weight is 823 g/mol. The van der Waals surface area contributed by atoms with Crippen molar-refractivity contribution >= 4 is 47.8 Å². The van der Waals surface area contributed by atoms with Crippen molar-refractivity contribution < 1.29 is 69.0 Å². The quantitative estimate of drug-likeness (QED) is 0.103. The highest BCUT2D eigenvalue weighted by Crippen LogP contribution is 2.23. The van der Waals surface area contributed by atoms with Gasteiger partial charge < -0.3 is 72.8 Å². The van der Waals surface area contributed by atoms with Gasteiger partial charge in [-0.1, -0.05) is 19.1 Å². The topological polar surface area (TPSA) is 351 Å². The molecular weight excluding hydrogens is 768 g/mol. The van der Waals surface area contributed by atoms with Gasteiger partial charge in [0, 0.05) is 52.4 Å². The van der Waals surface area contributed by atoms with Crippen molar-refractivity contribution in [3.63, 3.8) is 0 Å². The van der Waals surface area contributed by atoms with Crippen LogP contribution < -0.4 is 32.3 Å². The summed E-state index contributed by atoms with van der Waals surface area (Å²) < 4.78 is 0. The van der Waals surface area contributed by atoms with Gasteiger partial charge in [0.15, 0.2) is 0 Å². The SMILES string of the molecule is CC[C@@H]1NC(=O)[C@@H](NC=O)C[C@@H](O)CNC(=O)C2[C@@H](O)CCN2C(=O)C(CCC(N)=O)NC(=O)C([C@H](O)Cc2ccc(O)cc2)NC(=O)C2C[C@@H](O)CN2C1=O.CO. The molecule has 1 aromatic rings. The minimum Gasteiger partial charge on any atom is -0.508 e. The number of aliphatic hydroxyl groups excluding tert-OH is 5. The molecule has 13 N–H and O–H groups in total. The maximum Gasteiger partial charge on any atom is 0.245 e. The number of benzene rings is 1. The van der Waals surface area contributed by atoms with Crippen LogP contribution in [-0.2, 0) is 44.8 Å². The predicted octanol–water partition coefficient (Wildman–Crippen LogP) is -6.05. The number of carbonyl (C=O) groups is 8. The van der Waals surface area contributed by atoms with E-state index in [0.717, 1.165) is 16.9 Å². The second kappa shape index (κ2) is 21.9. The molecule has 3 aliphatic rings. The number of aromatic hydroxyl groups is 1. The van der Waals surface area contributed by atoms with Gasteiger partial charge >= 0.3 is 0 Å². The fourth-order valence-electron chi connectivity index (χ4n) is 7.05. The molecule has 22 heteroatoms. The normalized spacial score (nSPS) is 29.5. The van der Waals surface area contributed by atoms with Gasteiger partial charge in [-0.05, 0) is 37.0 Å². The number of hydrogen-bond donors (Lipinski definition) is 12. The lowest BCUT2D eigenvalue weighted by molar-refractivity contribution is -0.145. The first kappa shape index (κ1) is 47.0. The maximum absolute atomic E-state index is 14.1. The summed E-state index contributed by atoms with van der Waals surface area (Å²) in [5.41, 5.74) is 5.78. The number of phenols is 1. The molecule has 322 valence electrons. The first-order valence-corrected chi connectivity index (χ1v) is 18.8. The number of aliphatic hydroxyl groups is 5. The van der Waals surface area contributed by atoms with Crippen LogP contribution in [-0.4, -0.2) is 176 Å². The highest BCUT2D eigenvalue weighted by atomic mass is 16.3. The van der Waals surface area contributed by atoms with Gasteiger partial charge in [-0.3, -0.25) is 38.4 Å². The van der Waals surface area contributed by atoms with Crippen molar-refractivity contribution in [3.05, 3.63) is 29.8 Å². The maximum atomic E-state index is 14.1. The molecule has 0 spiro atoms. The van der Waals surface area contributed by atoms with Crippen molar-refractivity contribution in [3.8, 4) is 5.75 Å². The van der Waals surface area contributed by atoms with E-state index in [9.17, 15) is 63.9 Å². The number of nitrogens with one attached hydrogen (secondary N) is 5. The van der Waals surface area contributed by atoms with Gasteiger partial charge in [0.1, 0.15) is 42.0 Å². The van der Waals surface area contributed by atoms with E-state index in [1.165, 1.54) is 24.3 Å². The monoisotopic (exact) mass is 822 g/mol. The zero-order valence-electron chi connectivity index (χ0n) is 32.2. The number of amides is 8. The molecule has 3 fully saturated rings. The number of nitrogens with two attached hydrogens (primary N) is 1. The summed E-state index contributed by atoms with van der Waals surface area (Å²) in [5.74, 6) is -6.57. The van der Waals surface area contributed by atoms with Crippen LogP contribution in [0, 0.1) is 0 Å². The van der Waals surface area contributed by atoms with E-state index in [-0.39, 0.29) is 50.9 Å². The van der Waals surface area contributed by atoms with Crippen molar-refractivity contribution in [2.75, 3.05) is 26.7 Å². The number of hydrogen-bond acceptors (Lipinski definition) is 14. The Morgan fingerprint density at radius 2 is 1.53 bits per heavy atom. The van der Waals surface area contributed by atoms with E-state index >= 15 is 0 Å². The zero-order valence-corrected chi connectivity index (χ0v) is 32.2. The molecule has 0 bridgehead atoms. The number of phenolic OH excluding ortho intramolecular Hbond substituents is 1. The number of rotatable bonds is 9. The Morgan fingerprint density at radius 1 is 0.897 bits per heavy atom. The summed E-state index contributed by atoms with van der Waals surface area (Å²) in [6, 6.07) is -3.51. The molecule has 4 rings (SSSR count). The second-order valence-corrected chi connectivity index (χ2v) is 14.2. The molecule has 58 heavy (non-hydrogen) atoms. The minimum absolute atomic E-state index is 0.0186. The smallest absolute Gasteiger partial charge is 0.245 e. The Hall–Kier alpha value is -5.42. The van der Waals surface area contributed by atoms with Gasteiger partial charge in [-0.2, -0.15) is 0 Å². The largest absolute Gasteiger partial charge is 0.508 e. The first-order chi connectivity index (χ1) is 27.5. The molecule has 0 radical (unpaired) electrons. The number of nitrogens with zero attached hydrogens (tertiary/aromatic N) is 2. The number of β-amino-alcohol motifs (C(OH)–C–C–N with tert-alkyl or cyclic N) is 1. The van der Waals surface area contributed by atoms with Crippen LogP contribution in [0.4, 0.5) is 0 Å². The highest BCUT2D eigenvalue weighted by Gasteiger charge is 2.46. The molecule has 4 unspecified atom stereocenters. The van der Waals surface area contributed by atoms with E-state index in [1.807, 2.05) is 0 Å². The lowest BCUT2D eigenvalue weighted by Gasteiger charge is -2.32. The summed E-state index contributed by atoms with van der Waals surface area (Å²) in [6.45, 7) is 0.519. The van der Waals surface area contributed by atoms with Crippen LogP contribution in [0.3, 0.4) is 0 Å². The first-order valence-electron chi connectivity index (χ1n) is 18.8. The second-order valence-electron chi connectivity index (χ2n) is 14.2. The molecule has 0 aromatic heterocycles. The molecule has 8 amide bonds. The summed E-state index contributed by atoms with van der Waals surface area (Å²) in [4.78, 5) is 108.